The summed E-state index contributed by atoms with van der Waals surface area (Å²) in [6.45, 7) is 5.91. The number of hydrogen-bond acceptors (Lipinski definition) is 8. The number of aryl methyl sites for hydroxylation is 1. The van der Waals surface area contributed by atoms with Gasteiger partial charge >= 0.3 is 0 Å². The Morgan fingerprint density at radius 2 is 1.79 bits per heavy atom. The summed E-state index contributed by atoms with van der Waals surface area (Å²) in [5.74, 6) is 2.35. The molecule has 0 atom stereocenters. The van der Waals surface area contributed by atoms with Gasteiger partial charge in [-0.05, 0) is 55.8 Å². The molecule has 33 heavy (non-hydrogen) atoms. The molecule has 0 radical (unpaired) electrons. The number of nitrogens with one attached hydrogen (secondary N) is 1. The summed E-state index contributed by atoms with van der Waals surface area (Å²) in [6.07, 6.45) is 1.78. The van der Waals surface area contributed by atoms with Crippen LogP contribution in [0.25, 0.3) is 0 Å². The first-order chi connectivity index (χ1) is 15.9. The van der Waals surface area contributed by atoms with Crippen LogP contribution >= 0.6 is 15.9 Å². The number of pyridine rings is 1. The van der Waals surface area contributed by atoms with Crippen LogP contribution in [0.15, 0.2) is 58.0 Å². The SMILES string of the molecule is CCOc1ccc(Br)cc1S(=O)(=O)N1CCN(c2ccc(Nc3ccc(C)cn3)nn2)CC1. The van der Waals surface area contributed by atoms with Gasteiger partial charge in [0.15, 0.2) is 11.6 Å². The average Bonchev–Trinajstić information content (AvgIpc) is 2.82. The lowest BCUT2D eigenvalue weighted by molar-refractivity contribution is 0.327. The second-order valence-electron chi connectivity index (χ2n) is 7.54. The maximum Gasteiger partial charge on any atom is 0.246 e. The number of benzene rings is 1. The Bertz CT molecular complexity index is 1200. The summed E-state index contributed by atoms with van der Waals surface area (Å²) in [5.41, 5.74) is 1.08. The summed E-state index contributed by atoms with van der Waals surface area (Å²) in [5, 5.41) is 11.7. The van der Waals surface area contributed by atoms with E-state index in [4.69, 9.17) is 4.74 Å². The number of ether oxygens (including phenoxy) is 1. The van der Waals surface area contributed by atoms with E-state index < -0.39 is 10.0 Å². The first-order valence-electron chi connectivity index (χ1n) is 10.6. The van der Waals surface area contributed by atoms with Crippen molar-refractivity contribution in [2.24, 2.45) is 0 Å². The second kappa shape index (κ2) is 10.0. The molecule has 1 aliphatic rings. The highest BCUT2D eigenvalue weighted by atomic mass is 79.9. The van der Waals surface area contributed by atoms with E-state index in [0.717, 1.165) is 5.56 Å². The van der Waals surface area contributed by atoms with Crippen LogP contribution in [0, 0.1) is 6.92 Å². The van der Waals surface area contributed by atoms with Gasteiger partial charge in [0, 0.05) is 36.8 Å². The minimum absolute atomic E-state index is 0.173. The van der Waals surface area contributed by atoms with E-state index >= 15 is 0 Å². The first-order valence-corrected chi connectivity index (χ1v) is 12.8. The molecule has 0 amide bonds. The summed E-state index contributed by atoms with van der Waals surface area (Å²) >= 11 is 3.36. The number of hydrogen-bond donors (Lipinski definition) is 1. The highest BCUT2D eigenvalue weighted by Gasteiger charge is 2.31. The van der Waals surface area contributed by atoms with Gasteiger partial charge in [0.1, 0.15) is 16.5 Å². The van der Waals surface area contributed by atoms with Crippen LogP contribution in [0.3, 0.4) is 0 Å². The Morgan fingerprint density at radius 1 is 1.03 bits per heavy atom. The Labute approximate surface area is 202 Å². The number of anilines is 3. The van der Waals surface area contributed by atoms with E-state index in [1.165, 1.54) is 4.31 Å². The molecular formula is C22H25BrN6O3S. The Hall–Kier alpha value is -2.76. The van der Waals surface area contributed by atoms with Crippen LogP contribution in [-0.2, 0) is 10.0 Å². The van der Waals surface area contributed by atoms with E-state index in [2.05, 4.69) is 36.4 Å². The van der Waals surface area contributed by atoms with Crippen molar-refractivity contribution >= 4 is 43.4 Å². The molecule has 0 bridgehead atoms. The molecule has 11 heteroatoms. The zero-order valence-corrected chi connectivity index (χ0v) is 20.8. The monoisotopic (exact) mass is 532 g/mol. The van der Waals surface area contributed by atoms with Crippen molar-refractivity contribution in [1.29, 1.82) is 0 Å². The van der Waals surface area contributed by atoms with E-state index in [-0.39, 0.29) is 4.90 Å². The molecular weight excluding hydrogens is 508 g/mol. The van der Waals surface area contributed by atoms with Crippen LogP contribution in [0.1, 0.15) is 12.5 Å². The smallest absolute Gasteiger partial charge is 0.246 e. The van der Waals surface area contributed by atoms with Crippen LogP contribution in [0.4, 0.5) is 17.5 Å². The maximum atomic E-state index is 13.3. The average molecular weight is 533 g/mol. The molecule has 0 spiro atoms. The second-order valence-corrected chi connectivity index (χ2v) is 10.4. The molecule has 3 heterocycles. The number of aromatic nitrogens is 3. The van der Waals surface area contributed by atoms with Crippen molar-refractivity contribution in [3.63, 3.8) is 0 Å². The fourth-order valence-corrected chi connectivity index (χ4v) is 5.58. The number of piperazine rings is 1. The van der Waals surface area contributed by atoms with Crippen LogP contribution in [0.2, 0.25) is 0 Å². The molecule has 174 valence electrons. The molecule has 1 aliphatic heterocycles. The molecule has 1 aromatic carbocycles. The Balaban J connectivity index is 1.41. The lowest BCUT2D eigenvalue weighted by atomic mass is 10.3. The molecule has 0 saturated carbocycles. The highest BCUT2D eigenvalue weighted by Crippen LogP contribution is 2.31. The lowest BCUT2D eigenvalue weighted by Gasteiger charge is -2.34. The summed E-state index contributed by atoms with van der Waals surface area (Å²) in [7, 11) is -3.69. The van der Waals surface area contributed by atoms with Gasteiger partial charge in [0.05, 0.1) is 6.61 Å². The number of sulfonamides is 1. The predicted molar refractivity (Wildman–Crippen MR) is 131 cm³/mol. The Kier molecular flexibility index (Phi) is 7.11. The minimum atomic E-state index is -3.69. The first kappa shape index (κ1) is 23.4. The van der Waals surface area contributed by atoms with Crippen LogP contribution in [0.5, 0.6) is 5.75 Å². The van der Waals surface area contributed by atoms with Crippen LogP contribution in [-0.4, -0.2) is 60.7 Å². The number of rotatable bonds is 7. The third-order valence-electron chi connectivity index (χ3n) is 5.20. The molecule has 1 N–H and O–H groups in total. The standard InChI is InChI=1S/C22H25BrN6O3S/c1-3-32-18-6-5-17(23)14-19(18)33(30,31)29-12-10-28(11-13-29)22-9-8-21(26-27-22)25-20-7-4-16(2)15-24-20/h4-9,14-15H,3,10-13H2,1-2H3,(H,24,25,26). The zero-order chi connectivity index (χ0) is 23.4. The molecule has 4 rings (SSSR count). The normalized spacial score (nSPS) is 14.8. The Morgan fingerprint density at radius 3 is 2.42 bits per heavy atom. The predicted octanol–water partition coefficient (Wildman–Crippen LogP) is 3.60. The summed E-state index contributed by atoms with van der Waals surface area (Å²) < 4.78 is 34.3. The topological polar surface area (TPSA) is 101 Å². The van der Waals surface area contributed by atoms with Gasteiger partial charge < -0.3 is 15.0 Å². The minimum Gasteiger partial charge on any atom is -0.492 e. The van der Waals surface area contributed by atoms with Crippen molar-refractivity contribution in [2.45, 2.75) is 18.7 Å². The molecule has 1 fully saturated rings. The maximum absolute atomic E-state index is 13.3. The third kappa shape index (κ3) is 5.43. The van der Waals surface area contributed by atoms with Gasteiger partial charge in [-0.1, -0.05) is 22.0 Å². The molecule has 1 saturated heterocycles. The van der Waals surface area contributed by atoms with Crippen molar-refractivity contribution in [3.8, 4) is 5.75 Å². The fourth-order valence-electron chi connectivity index (χ4n) is 3.49. The van der Waals surface area contributed by atoms with Gasteiger partial charge in [-0.15, -0.1) is 10.2 Å². The van der Waals surface area contributed by atoms with Gasteiger partial charge in [-0.25, -0.2) is 13.4 Å². The van der Waals surface area contributed by atoms with Crippen LogP contribution < -0.4 is 15.0 Å². The summed E-state index contributed by atoms with van der Waals surface area (Å²) in [4.78, 5) is 6.50. The van der Waals surface area contributed by atoms with E-state index in [9.17, 15) is 8.42 Å². The highest BCUT2D eigenvalue weighted by molar-refractivity contribution is 9.10. The quantitative estimate of drug-likeness (QED) is 0.492. The molecule has 2 aromatic heterocycles. The molecule has 3 aromatic rings. The third-order valence-corrected chi connectivity index (χ3v) is 7.62. The van der Waals surface area contributed by atoms with Gasteiger partial charge in [-0.3, -0.25) is 0 Å². The number of nitrogens with zero attached hydrogens (tertiary/aromatic N) is 5. The van der Waals surface area contributed by atoms with Gasteiger partial charge in [0.2, 0.25) is 10.0 Å². The fraction of sp³-hybridized carbons (Fsp3) is 0.318. The lowest BCUT2D eigenvalue weighted by Crippen LogP contribution is -2.49. The largest absolute Gasteiger partial charge is 0.492 e. The van der Waals surface area contributed by atoms with E-state index in [1.54, 1.807) is 24.4 Å². The molecule has 0 unspecified atom stereocenters. The van der Waals surface area contributed by atoms with E-state index in [1.807, 2.05) is 43.0 Å². The zero-order valence-electron chi connectivity index (χ0n) is 18.4. The van der Waals surface area contributed by atoms with E-state index in [0.29, 0.717) is 60.5 Å². The van der Waals surface area contributed by atoms with Crippen molar-refractivity contribution in [1.82, 2.24) is 19.5 Å². The summed E-state index contributed by atoms with van der Waals surface area (Å²) in [6, 6.07) is 12.6. The van der Waals surface area contributed by atoms with Crippen molar-refractivity contribution in [3.05, 3.63) is 58.7 Å². The van der Waals surface area contributed by atoms with Crippen molar-refractivity contribution < 1.29 is 13.2 Å². The molecule has 0 aliphatic carbocycles. The number of halogens is 1. The van der Waals surface area contributed by atoms with Crippen molar-refractivity contribution in [2.75, 3.05) is 43.0 Å². The molecule has 9 nitrogen and oxygen atoms in total. The van der Waals surface area contributed by atoms with Gasteiger partial charge in [0.25, 0.3) is 0 Å². The van der Waals surface area contributed by atoms with Gasteiger partial charge in [-0.2, -0.15) is 4.31 Å².